The van der Waals surface area contributed by atoms with Gasteiger partial charge in [-0.1, -0.05) is 35.9 Å². The molecule has 4 rings (SSSR count). The van der Waals surface area contributed by atoms with Crippen molar-refractivity contribution in [2.75, 3.05) is 0 Å². The number of aromatic nitrogens is 3. The number of benzene rings is 1. The van der Waals surface area contributed by atoms with Crippen LogP contribution in [0.3, 0.4) is 0 Å². The van der Waals surface area contributed by atoms with Gasteiger partial charge in [0.15, 0.2) is 11.6 Å². The van der Waals surface area contributed by atoms with Gasteiger partial charge >= 0.3 is 0 Å². The highest BCUT2D eigenvalue weighted by Gasteiger charge is 2.13. The van der Waals surface area contributed by atoms with E-state index in [1.54, 1.807) is 24.3 Å². The predicted molar refractivity (Wildman–Crippen MR) is 121 cm³/mol. The van der Waals surface area contributed by atoms with Gasteiger partial charge in [-0.15, -0.1) is 0 Å². The lowest BCUT2D eigenvalue weighted by Gasteiger charge is -2.10. The minimum atomic E-state index is -0.119. The highest BCUT2D eigenvalue weighted by Crippen LogP contribution is 2.30. The molecule has 1 aromatic carbocycles. The lowest BCUT2D eigenvalue weighted by molar-refractivity contribution is 0.100. The molecule has 5 nitrogen and oxygen atoms in total. The molecule has 0 atom stereocenters. The third-order valence-electron chi connectivity index (χ3n) is 4.75. The number of carbonyl (C=O) groups excluding carboxylic acids is 2. The van der Waals surface area contributed by atoms with Crippen LogP contribution >= 0.6 is 11.6 Å². The normalized spacial score (nSPS) is 10.7. The largest absolute Gasteiger partial charge is 0.293 e. The van der Waals surface area contributed by atoms with E-state index in [9.17, 15) is 9.59 Å². The van der Waals surface area contributed by atoms with Crippen molar-refractivity contribution in [3.05, 3.63) is 89.2 Å². The van der Waals surface area contributed by atoms with Crippen LogP contribution in [0.1, 0.15) is 34.8 Å². The molecule has 0 spiro atoms. The molecule has 0 aliphatic heterocycles. The van der Waals surface area contributed by atoms with Gasteiger partial charge in [-0.25, -0.2) is 15.0 Å². The van der Waals surface area contributed by atoms with E-state index in [0.29, 0.717) is 39.2 Å². The zero-order chi connectivity index (χ0) is 22.0. The molecule has 6 heteroatoms. The molecule has 4 aromatic rings. The summed E-state index contributed by atoms with van der Waals surface area (Å²) in [5.74, 6) is -0.237. The molecule has 0 fully saturated rings. The molecular formula is C25H18ClN3O2. The van der Waals surface area contributed by atoms with E-state index in [4.69, 9.17) is 16.6 Å². The molecule has 0 radical (unpaired) electrons. The number of halogens is 1. The van der Waals surface area contributed by atoms with Gasteiger partial charge in [0, 0.05) is 18.9 Å². The Morgan fingerprint density at radius 1 is 0.613 bits per heavy atom. The monoisotopic (exact) mass is 427 g/mol. The van der Waals surface area contributed by atoms with Gasteiger partial charge in [0.05, 0.1) is 22.8 Å². The summed E-state index contributed by atoms with van der Waals surface area (Å²) in [6.45, 7) is 2.96. The van der Waals surface area contributed by atoms with E-state index < -0.39 is 0 Å². The summed E-state index contributed by atoms with van der Waals surface area (Å²) in [4.78, 5) is 37.3. The summed E-state index contributed by atoms with van der Waals surface area (Å²) in [7, 11) is 0. The number of hydrogen-bond donors (Lipinski definition) is 0. The van der Waals surface area contributed by atoms with Crippen molar-refractivity contribution in [2.24, 2.45) is 0 Å². The number of pyridine rings is 3. The smallest absolute Gasteiger partial charge is 0.178 e. The van der Waals surface area contributed by atoms with Crippen molar-refractivity contribution >= 4 is 23.2 Å². The Morgan fingerprint density at radius 3 is 1.55 bits per heavy atom. The van der Waals surface area contributed by atoms with E-state index in [2.05, 4.69) is 9.97 Å². The summed E-state index contributed by atoms with van der Waals surface area (Å²) in [6.07, 6.45) is 0. The minimum Gasteiger partial charge on any atom is -0.293 e. The molecule has 152 valence electrons. The van der Waals surface area contributed by atoms with Crippen LogP contribution in [0.4, 0.5) is 0 Å². The van der Waals surface area contributed by atoms with Gasteiger partial charge in [-0.05, 0) is 59.7 Å². The van der Waals surface area contributed by atoms with Crippen molar-refractivity contribution in [2.45, 2.75) is 13.8 Å². The second kappa shape index (κ2) is 8.58. The average molecular weight is 428 g/mol. The predicted octanol–water partition coefficient (Wildman–Crippen LogP) is 5.93. The topological polar surface area (TPSA) is 72.8 Å². The van der Waals surface area contributed by atoms with Gasteiger partial charge in [0.2, 0.25) is 0 Å². The first-order valence-corrected chi connectivity index (χ1v) is 10.0. The average Bonchev–Trinajstić information content (AvgIpc) is 2.79. The quantitative estimate of drug-likeness (QED) is 0.369. The van der Waals surface area contributed by atoms with Crippen LogP contribution < -0.4 is 0 Å². The zero-order valence-corrected chi connectivity index (χ0v) is 17.7. The third kappa shape index (κ3) is 4.57. The Labute approximate surface area is 184 Å². The molecule has 0 bridgehead atoms. The molecule has 0 aliphatic carbocycles. The maximum atomic E-state index is 11.8. The summed E-state index contributed by atoms with van der Waals surface area (Å²) < 4.78 is 0. The lowest BCUT2D eigenvalue weighted by Crippen LogP contribution is -2.01. The molecule has 0 amide bonds. The van der Waals surface area contributed by atoms with Crippen LogP contribution in [0.5, 0.6) is 0 Å². The number of carbonyl (C=O) groups is 2. The Kier molecular flexibility index (Phi) is 5.69. The van der Waals surface area contributed by atoms with Gasteiger partial charge < -0.3 is 0 Å². The second-order valence-corrected chi connectivity index (χ2v) is 7.50. The fourth-order valence-electron chi connectivity index (χ4n) is 3.15. The summed E-state index contributed by atoms with van der Waals surface area (Å²) in [6, 6.07) is 21.8. The van der Waals surface area contributed by atoms with Crippen molar-refractivity contribution in [1.29, 1.82) is 0 Å². The van der Waals surface area contributed by atoms with Gasteiger partial charge in [0.25, 0.3) is 0 Å². The molecule has 0 aliphatic rings. The number of Topliss-reactive ketones (excluding diaryl/α,β-unsaturated/α-hetero) is 2. The lowest BCUT2D eigenvalue weighted by atomic mass is 10.0. The van der Waals surface area contributed by atoms with E-state index in [1.807, 2.05) is 48.5 Å². The third-order valence-corrected chi connectivity index (χ3v) is 5.00. The maximum absolute atomic E-state index is 11.8. The van der Waals surface area contributed by atoms with E-state index in [-0.39, 0.29) is 11.6 Å². The van der Waals surface area contributed by atoms with Crippen LogP contribution in [-0.4, -0.2) is 26.5 Å². The molecule has 3 heterocycles. The summed E-state index contributed by atoms with van der Waals surface area (Å²) in [5, 5.41) is 0.643. The molecule has 0 saturated heterocycles. The number of nitrogens with zero attached hydrogens (tertiary/aromatic N) is 3. The van der Waals surface area contributed by atoms with Crippen molar-refractivity contribution < 1.29 is 9.59 Å². The number of hydrogen-bond acceptors (Lipinski definition) is 5. The molecule has 0 N–H and O–H groups in total. The number of rotatable bonds is 5. The van der Waals surface area contributed by atoms with Crippen LogP contribution in [-0.2, 0) is 0 Å². The molecular weight excluding hydrogens is 410 g/mol. The second-order valence-electron chi connectivity index (χ2n) is 7.06. The Hall–Kier alpha value is -3.70. The zero-order valence-electron chi connectivity index (χ0n) is 17.0. The Morgan fingerprint density at radius 2 is 1.10 bits per heavy atom. The summed E-state index contributed by atoms with van der Waals surface area (Å²) >= 11 is 6.05. The first kappa shape index (κ1) is 20.6. The van der Waals surface area contributed by atoms with Crippen molar-refractivity contribution in [3.8, 4) is 33.9 Å². The highest BCUT2D eigenvalue weighted by molar-refractivity contribution is 6.30. The van der Waals surface area contributed by atoms with Crippen LogP contribution in [0, 0.1) is 0 Å². The number of ketones is 2. The van der Waals surface area contributed by atoms with Crippen LogP contribution in [0.15, 0.2) is 72.8 Å². The van der Waals surface area contributed by atoms with Gasteiger partial charge in [-0.2, -0.15) is 0 Å². The maximum Gasteiger partial charge on any atom is 0.178 e. The van der Waals surface area contributed by atoms with Gasteiger partial charge in [0.1, 0.15) is 11.4 Å². The first-order valence-electron chi connectivity index (χ1n) is 9.65. The minimum absolute atomic E-state index is 0.119. The van der Waals surface area contributed by atoms with Crippen molar-refractivity contribution in [1.82, 2.24) is 15.0 Å². The van der Waals surface area contributed by atoms with E-state index >= 15 is 0 Å². The first-order chi connectivity index (χ1) is 14.9. The van der Waals surface area contributed by atoms with Gasteiger partial charge in [-0.3, -0.25) is 9.59 Å². The fourth-order valence-corrected chi connectivity index (χ4v) is 3.27. The SMILES string of the molecule is CC(=O)c1cccc(-c2cc(-c3ccc(Cl)cc3)cc(-c3cccc(C(C)=O)n3)n2)n1. The standard InChI is InChI=1S/C25H18ClN3O2/c1-15(30)20-5-3-7-22(27-20)24-13-18(17-9-11-19(26)12-10-17)14-25(29-24)23-8-4-6-21(28-23)16(2)31/h3-14H,1-2H3. The van der Waals surface area contributed by atoms with Crippen LogP contribution in [0.25, 0.3) is 33.9 Å². The molecule has 0 saturated carbocycles. The Bertz CT molecular complexity index is 1220. The van der Waals surface area contributed by atoms with E-state index in [0.717, 1.165) is 11.1 Å². The highest BCUT2D eigenvalue weighted by atomic mass is 35.5. The van der Waals surface area contributed by atoms with Crippen LogP contribution in [0.2, 0.25) is 5.02 Å². The molecule has 3 aromatic heterocycles. The molecule has 0 unspecified atom stereocenters. The van der Waals surface area contributed by atoms with Crippen molar-refractivity contribution in [3.63, 3.8) is 0 Å². The molecule has 31 heavy (non-hydrogen) atoms. The summed E-state index contributed by atoms with van der Waals surface area (Å²) in [5.41, 5.74) is 4.92. The van der Waals surface area contributed by atoms with E-state index in [1.165, 1.54) is 13.8 Å². The Balaban J connectivity index is 1.92. The fraction of sp³-hybridized carbons (Fsp3) is 0.0800.